The lowest BCUT2D eigenvalue weighted by Crippen LogP contribution is -2.12. The highest BCUT2D eigenvalue weighted by atomic mass is 16.4. The van der Waals surface area contributed by atoms with Crippen LogP contribution in [0.2, 0.25) is 0 Å². The van der Waals surface area contributed by atoms with E-state index >= 15 is 0 Å². The number of benzene rings is 1. The number of phenols is 2. The molecule has 8 nitrogen and oxygen atoms in total. The molecule has 0 aliphatic heterocycles. The molecule has 0 spiro atoms. The summed E-state index contributed by atoms with van der Waals surface area (Å²) in [6.07, 6.45) is 4.22. The Labute approximate surface area is 113 Å². The van der Waals surface area contributed by atoms with Gasteiger partial charge in [-0.25, -0.2) is 9.78 Å². The van der Waals surface area contributed by atoms with Crippen molar-refractivity contribution in [1.82, 2.24) is 9.97 Å². The SMILES string of the molecule is NC(=O)c1cnccn1.O=C(O)c1ccc(O)cc1O. The van der Waals surface area contributed by atoms with Gasteiger partial charge in [-0.05, 0) is 12.1 Å². The maximum atomic E-state index is 10.3. The first-order valence-corrected chi connectivity index (χ1v) is 5.23. The molecule has 1 amide bonds. The van der Waals surface area contributed by atoms with E-state index in [2.05, 4.69) is 9.97 Å². The number of aromatic nitrogens is 2. The number of aromatic carboxylic acids is 1. The van der Waals surface area contributed by atoms with Gasteiger partial charge >= 0.3 is 5.97 Å². The molecule has 0 saturated heterocycles. The van der Waals surface area contributed by atoms with Crippen LogP contribution in [0.3, 0.4) is 0 Å². The van der Waals surface area contributed by atoms with Crippen LogP contribution in [-0.2, 0) is 0 Å². The Bertz CT molecular complexity index is 616. The Morgan fingerprint density at radius 1 is 1.15 bits per heavy atom. The fourth-order valence-electron chi connectivity index (χ4n) is 1.13. The van der Waals surface area contributed by atoms with Crippen LogP contribution in [-0.4, -0.2) is 37.2 Å². The van der Waals surface area contributed by atoms with E-state index in [4.69, 9.17) is 21.1 Å². The number of carbonyl (C=O) groups is 2. The van der Waals surface area contributed by atoms with E-state index in [9.17, 15) is 9.59 Å². The molecular weight excluding hydrogens is 266 g/mol. The average Bonchev–Trinajstić information content (AvgIpc) is 2.40. The Morgan fingerprint density at radius 3 is 2.25 bits per heavy atom. The van der Waals surface area contributed by atoms with Gasteiger partial charge < -0.3 is 21.1 Å². The summed E-state index contributed by atoms with van der Waals surface area (Å²) in [5, 5.41) is 26.1. The molecule has 104 valence electrons. The first kappa shape index (κ1) is 14.9. The number of amides is 1. The number of aromatic hydroxyl groups is 2. The Kier molecular flexibility index (Phi) is 4.98. The van der Waals surface area contributed by atoms with Crippen molar-refractivity contribution in [2.24, 2.45) is 5.73 Å². The third-order valence-corrected chi connectivity index (χ3v) is 2.03. The van der Waals surface area contributed by atoms with Gasteiger partial charge in [-0.15, -0.1) is 0 Å². The molecule has 2 rings (SSSR count). The minimum absolute atomic E-state index is 0.160. The predicted octanol–water partition coefficient (Wildman–Crippen LogP) is 0.371. The van der Waals surface area contributed by atoms with E-state index in [1.807, 2.05) is 0 Å². The van der Waals surface area contributed by atoms with Crippen LogP contribution < -0.4 is 5.73 Å². The number of primary amides is 1. The number of hydrogen-bond acceptors (Lipinski definition) is 6. The highest BCUT2D eigenvalue weighted by Gasteiger charge is 2.08. The standard InChI is InChI=1S/C7H6O4.C5H5N3O/c8-4-1-2-5(7(10)11)6(9)3-4;6-5(9)4-3-7-1-2-8-4/h1-3,8-9H,(H,10,11);1-3H,(H2,6,9). The molecule has 1 aromatic carbocycles. The first-order valence-electron chi connectivity index (χ1n) is 5.23. The van der Waals surface area contributed by atoms with Gasteiger partial charge in [-0.2, -0.15) is 0 Å². The molecule has 0 aliphatic rings. The number of hydrogen-bond donors (Lipinski definition) is 4. The molecule has 1 heterocycles. The number of carbonyl (C=O) groups excluding carboxylic acids is 1. The van der Waals surface area contributed by atoms with E-state index in [1.54, 1.807) is 0 Å². The van der Waals surface area contributed by atoms with Gasteiger partial charge in [0.15, 0.2) is 0 Å². The molecule has 0 bridgehead atoms. The summed E-state index contributed by atoms with van der Waals surface area (Å²) >= 11 is 0. The summed E-state index contributed by atoms with van der Waals surface area (Å²) < 4.78 is 0. The minimum atomic E-state index is -1.22. The molecule has 2 aromatic rings. The zero-order valence-electron chi connectivity index (χ0n) is 10.1. The zero-order chi connectivity index (χ0) is 15.1. The van der Waals surface area contributed by atoms with Crippen molar-refractivity contribution in [1.29, 1.82) is 0 Å². The lowest BCUT2D eigenvalue weighted by Gasteiger charge is -1.97. The van der Waals surface area contributed by atoms with Crippen molar-refractivity contribution in [2.75, 3.05) is 0 Å². The molecule has 0 aliphatic carbocycles. The van der Waals surface area contributed by atoms with E-state index in [1.165, 1.54) is 24.7 Å². The number of rotatable bonds is 2. The lowest BCUT2D eigenvalue weighted by atomic mass is 10.2. The van der Waals surface area contributed by atoms with Gasteiger partial charge in [-0.3, -0.25) is 9.78 Å². The molecule has 0 atom stereocenters. The van der Waals surface area contributed by atoms with Gasteiger partial charge in [0.1, 0.15) is 22.8 Å². The molecule has 8 heteroatoms. The van der Waals surface area contributed by atoms with Crippen molar-refractivity contribution in [3.63, 3.8) is 0 Å². The largest absolute Gasteiger partial charge is 0.508 e. The topological polar surface area (TPSA) is 147 Å². The van der Waals surface area contributed by atoms with Crippen molar-refractivity contribution in [3.05, 3.63) is 48.0 Å². The van der Waals surface area contributed by atoms with Crippen LogP contribution in [0.5, 0.6) is 11.5 Å². The van der Waals surface area contributed by atoms with E-state index in [0.717, 1.165) is 12.1 Å². The van der Waals surface area contributed by atoms with Gasteiger partial charge in [0.2, 0.25) is 0 Å². The number of phenolic OH excluding ortho intramolecular Hbond substituents is 1. The van der Waals surface area contributed by atoms with Crippen molar-refractivity contribution in [3.8, 4) is 11.5 Å². The number of nitrogens with zero attached hydrogens (tertiary/aromatic N) is 2. The summed E-state index contributed by atoms with van der Waals surface area (Å²) in [6, 6.07) is 3.31. The summed E-state index contributed by atoms with van der Waals surface area (Å²) in [5.41, 5.74) is 4.84. The third kappa shape index (κ3) is 4.26. The number of nitrogens with two attached hydrogens (primary N) is 1. The quantitative estimate of drug-likeness (QED) is 0.620. The zero-order valence-corrected chi connectivity index (χ0v) is 10.1. The molecular formula is C12H11N3O5. The van der Waals surface area contributed by atoms with Crippen molar-refractivity contribution < 1.29 is 24.9 Å². The van der Waals surface area contributed by atoms with E-state index in [-0.39, 0.29) is 17.0 Å². The maximum Gasteiger partial charge on any atom is 0.339 e. The number of carboxylic acid groups (broad SMARTS) is 1. The van der Waals surface area contributed by atoms with Crippen LogP contribution in [0.1, 0.15) is 20.8 Å². The molecule has 1 aromatic heterocycles. The minimum Gasteiger partial charge on any atom is -0.508 e. The molecule has 0 saturated carbocycles. The van der Waals surface area contributed by atoms with Crippen LogP contribution in [0.25, 0.3) is 0 Å². The van der Waals surface area contributed by atoms with Crippen LogP contribution in [0, 0.1) is 0 Å². The van der Waals surface area contributed by atoms with Gasteiger partial charge in [-0.1, -0.05) is 0 Å². The molecule has 20 heavy (non-hydrogen) atoms. The van der Waals surface area contributed by atoms with Crippen LogP contribution in [0.15, 0.2) is 36.8 Å². The van der Waals surface area contributed by atoms with Gasteiger partial charge in [0.05, 0.1) is 6.20 Å². The maximum absolute atomic E-state index is 10.3. The fourth-order valence-corrected chi connectivity index (χ4v) is 1.13. The van der Waals surface area contributed by atoms with E-state index in [0.29, 0.717) is 0 Å². The smallest absolute Gasteiger partial charge is 0.339 e. The Hall–Kier alpha value is -3.16. The van der Waals surface area contributed by atoms with E-state index < -0.39 is 17.6 Å². The Balaban J connectivity index is 0.000000204. The van der Waals surface area contributed by atoms with Gasteiger partial charge in [0.25, 0.3) is 5.91 Å². The molecule has 0 fully saturated rings. The fraction of sp³-hybridized carbons (Fsp3) is 0. The monoisotopic (exact) mass is 277 g/mol. The Morgan fingerprint density at radius 2 is 1.85 bits per heavy atom. The van der Waals surface area contributed by atoms with Crippen LogP contribution in [0.4, 0.5) is 0 Å². The number of carboxylic acids is 1. The average molecular weight is 277 g/mol. The van der Waals surface area contributed by atoms with Crippen molar-refractivity contribution >= 4 is 11.9 Å². The van der Waals surface area contributed by atoms with Gasteiger partial charge in [0, 0.05) is 18.5 Å². The summed E-state index contributed by atoms with van der Waals surface area (Å²) in [5.74, 6) is -2.37. The summed E-state index contributed by atoms with van der Waals surface area (Å²) in [6.45, 7) is 0. The second kappa shape index (κ2) is 6.69. The van der Waals surface area contributed by atoms with Crippen molar-refractivity contribution in [2.45, 2.75) is 0 Å². The predicted molar refractivity (Wildman–Crippen MR) is 67.3 cm³/mol. The van der Waals surface area contributed by atoms with Crippen LogP contribution >= 0.6 is 0 Å². The second-order valence-corrected chi connectivity index (χ2v) is 3.46. The second-order valence-electron chi connectivity index (χ2n) is 3.46. The highest BCUT2D eigenvalue weighted by Crippen LogP contribution is 2.21. The highest BCUT2D eigenvalue weighted by molar-refractivity contribution is 5.91. The first-order chi connectivity index (χ1) is 9.41. The third-order valence-electron chi connectivity index (χ3n) is 2.03. The molecule has 5 N–H and O–H groups in total. The molecule has 0 unspecified atom stereocenters. The summed E-state index contributed by atoms with van der Waals surface area (Å²) in [7, 11) is 0. The summed E-state index contributed by atoms with van der Waals surface area (Å²) in [4.78, 5) is 27.9. The molecule has 0 radical (unpaired) electrons. The normalized spacial score (nSPS) is 9.20. The lowest BCUT2D eigenvalue weighted by molar-refractivity contribution is 0.0693.